The summed E-state index contributed by atoms with van der Waals surface area (Å²) in [4.78, 5) is 23.2. The van der Waals surface area contributed by atoms with Crippen LogP contribution in [0.25, 0.3) is 0 Å². The number of phenolic OH excluding ortho intramolecular Hbond substituents is 1. The number of aryl methyl sites for hydroxylation is 1. The molecule has 0 unspecified atom stereocenters. The third-order valence-corrected chi connectivity index (χ3v) is 3.43. The fraction of sp³-hybridized carbons (Fsp3) is 0.125. The Morgan fingerprint density at radius 3 is 2.55 bits per heavy atom. The Morgan fingerprint density at radius 1 is 1.23 bits per heavy atom. The molecule has 0 spiro atoms. The van der Waals surface area contributed by atoms with Crippen LogP contribution in [-0.4, -0.2) is 22.1 Å². The fourth-order valence-electron chi connectivity index (χ4n) is 2.10. The molecule has 0 aliphatic carbocycles. The van der Waals surface area contributed by atoms with Gasteiger partial charge in [-0.05, 0) is 42.3 Å². The quantitative estimate of drug-likeness (QED) is 0.808. The van der Waals surface area contributed by atoms with E-state index < -0.39 is 5.97 Å². The van der Waals surface area contributed by atoms with Crippen LogP contribution in [0.5, 0.6) is 5.75 Å². The molecule has 1 amide bonds. The van der Waals surface area contributed by atoms with E-state index >= 15 is 0 Å². The first-order chi connectivity index (χ1) is 10.4. The van der Waals surface area contributed by atoms with Crippen LogP contribution in [0.2, 0.25) is 5.02 Å². The first-order valence-corrected chi connectivity index (χ1v) is 6.86. The Kier molecular flexibility index (Phi) is 4.68. The Labute approximate surface area is 132 Å². The van der Waals surface area contributed by atoms with Gasteiger partial charge in [0.25, 0.3) is 5.91 Å². The zero-order valence-corrected chi connectivity index (χ0v) is 12.5. The van der Waals surface area contributed by atoms with Gasteiger partial charge in [0.05, 0.1) is 10.6 Å². The minimum Gasteiger partial charge on any atom is -0.508 e. The molecule has 0 saturated carbocycles. The van der Waals surface area contributed by atoms with E-state index in [-0.39, 0.29) is 34.4 Å². The molecule has 0 aliphatic rings. The summed E-state index contributed by atoms with van der Waals surface area (Å²) in [5, 5.41) is 21.1. The lowest BCUT2D eigenvalue weighted by Crippen LogP contribution is -2.23. The van der Waals surface area contributed by atoms with Gasteiger partial charge < -0.3 is 15.5 Å². The molecule has 0 atom stereocenters. The summed E-state index contributed by atoms with van der Waals surface area (Å²) in [6.45, 7) is 1.83. The first-order valence-electron chi connectivity index (χ1n) is 6.48. The largest absolute Gasteiger partial charge is 0.508 e. The van der Waals surface area contributed by atoms with Crippen LogP contribution in [-0.2, 0) is 6.54 Å². The van der Waals surface area contributed by atoms with E-state index in [9.17, 15) is 14.7 Å². The van der Waals surface area contributed by atoms with E-state index in [1.807, 2.05) is 0 Å². The van der Waals surface area contributed by atoms with Gasteiger partial charge in [0.2, 0.25) is 0 Å². The summed E-state index contributed by atoms with van der Waals surface area (Å²) in [7, 11) is 0. The highest BCUT2D eigenvalue weighted by Crippen LogP contribution is 2.22. The number of carboxylic acids is 1. The molecule has 2 rings (SSSR count). The summed E-state index contributed by atoms with van der Waals surface area (Å²) in [5.41, 5.74) is 1.44. The predicted octanol–water partition coefficient (Wildman–Crippen LogP) is 2.98. The van der Waals surface area contributed by atoms with Crippen LogP contribution in [0, 0.1) is 6.92 Å². The van der Waals surface area contributed by atoms with Gasteiger partial charge in [-0.3, -0.25) is 4.79 Å². The molecule has 3 N–H and O–H groups in total. The van der Waals surface area contributed by atoms with Gasteiger partial charge in [-0.15, -0.1) is 0 Å². The second-order valence-electron chi connectivity index (χ2n) is 4.81. The van der Waals surface area contributed by atoms with Crippen molar-refractivity contribution in [1.82, 2.24) is 5.32 Å². The van der Waals surface area contributed by atoms with Crippen LogP contribution in [0.1, 0.15) is 31.8 Å². The molecule has 5 nitrogen and oxygen atoms in total. The second-order valence-corrected chi connectivity index (χ2v) is 5.21. The maximum absolute atomic E-state index is 12.1. The van der Waals surface area contributed by atoms with E-state index in [0.717, 1.165) is 5.56 Å². The van der Waals surface area contributed by atoms with E-state index in [1.54, 1.807) is 31.2 Å². The predicted molar refractivity (Wildman–Crippen MR) is 82.4 cm³/mol. The second kappa shape index (κ2) is 6.49. The van der Waals surface area contributed by atoms with Gasteiger partial charge in [0.15, 0.2) is 0 Å². The standard InChI is InChI=1S/C16H14ClNO4/c1-9-5-11(7-13(17)14(9)16(21)22)15(20)18-8-10-3-2-4-12(19)6-10/h2-7,19H,8H2,1H3,(H,18,20)(H,21,22). The fourth-order valence-corrected chi connectivity index (χ4v) is 2.44. The molecule has 0 bridgehead atoms. The van der Waals surface area contributed by atoms with Crippen LogP contribution in [0.4, 0.5) is 0 Å². The number of carbonyl (C=O) groups is 2. The Balaban J connectivity index is 2.15. The molecule has 0 aliphatic heterocycles. The average molecular weight is 320 g/mol. The van der Waals surface area contributed by atoms with Crippen molar-refractivity contribution in [2.24, 2.45) is 0 Å². The molecule has 0 saturated heterocycles. The maximum Gasteiger partial charge on any atom is 0.337 e. The van der Waals surface area contributed by atoms with Gasteiger partial charge in [0.1, 0.15) is 5.75 Å². The van der Waals surface area contributed by atoms with Crippen molar-refractivity contribution in [2.45, 2.75) is 13.5 Å². The zero-order chi connectivity index (χ0) is 16.3. The molecule has 0 aromatic heterocycles. The topological polar surface area (TPSA) is 86.6 Å². The number of hydrogen-bond acceptors (Lipinski definition) is 3. The third-order valence-electron chi connectivity index (χ3n) is 3.13. The highest BCUT2D eigenvalue weighted by Gasteiger charge is 2.16. The number of hydrogen-bond donors (Lipinski definition) is 3. The lowest BCUT2D eigenvalue weighted by molar-refractivity contribution is 0.0695. The summed E-state index contributed by atoms with van der Waals surface area (Å²) in [6, 6.07) is 9.35. The number of aromatic hydroxyl groups is 1. The van der Waals surface area contributed by atoms with Gasteiger partial charge >= 0.3 is 5.97 Å². The zero-order valence-electron chi connectivity index (χ0n) is 11.8. The van der Waals surface area contributed by atoms with E-state index in [1.165, 1.54) is 12.1 Å². The van der Waals surface area contributed by atoms with Gasteiger partial charge in [0, 0.05) is 12.1 Å². The monoisotopic (exact) mass is 319 g/mol. The molecular formula is C16H14ClNO4. The maximum atomic E-state index is 12.1. The highest BCUT2D eigenvalue weighted by atomic mass is 35.5. The van der Waals surface area contributed by atoms with Crippen LogP contribution >= 0.6 is 11.6 Å². The van der Waals surface area contributed by atoms with Crippen molar-refractivity contribution in [3.8, 4) is 5.75 Å². The molecule has 22 heavy (non-hydrogen) atoms. The minimum atomic E-state index is -1.13. The van der Waals surface area contributed by atoms with Crippen molar-refractivity contribution in [3.05, 3.63) is 63.7 Å². The number of halogens is 1. The Morgan fingerprint density at radius 2 is 1.95 bits per heavy atom. The van der Waals surface area contributed by atoms with E-state index in [0.29, 0.717) is 5.56 Å². The third kappa shape index (κ3) is 3.56. The molecule has 6 heteroatoms. The normalized spacial score (nSPS) is 10.3. The number of phenols is 1. The highest BCUT2D eigenvalue weighted by molar-refractivity contribution is 6.34. The smallest absolute Gasteiger partial charge is 0.337 e. The minimum absolute atomic E-state index is 0.00815. The summed E-state index contributed by atoms with van der Waals surface area (Å²) in [5.74, 6) is -1.38. The lowest BCUT2D eigenvalue weighted by atomic mass is 10.0. The van der Waals surface area contributed by atoms with Crippen LogP contribution in [0.15, 0.2) is 36.4 Å². The number of amides is 1. The van der Waals surface area contributed by atoms with Gasteiger partial charge in [-0.1, -0.05) is 23.7 Å². The number of rotatable bonds is 4. The average Bonchev–Trinajstić information content (AvgIpc) is 2.43. The van der Waals surface area contributed by atoms with Crippen LogP contribution < -0.4 is 5.32 Å². The van der Waals surface area contributed by atoms with Crippen molar-refractivity contribution < 1.29 is 19.8 Å². The number of benzene rings is 2. The molecule has 2 aromatic rings. The summed E-state index contributed by atoms with van der Waals surface area (Å²) >= 11 is 5.92. The van der Waals surface area contributed by atoms with E-state index in [4.69, 9.17) is 16.7 Å². The molecular weight excluding hydrogens is 306 g/mol. The van der Waals surface area contributed by atoms with Crippen molar-refractivity contribution in [1.29, 1.82) is 0 Å². The molecule has 114 valence electrons. The molecule has 0 radical (unpaired) electrons. The molecule has 0 heterocycles. The van der Waals surface area contributed by atoms with Crippen molar-refractivity contribution >= 4 is 23.5 Å². The number of carbonyl (C=O) groups excluding carboxylic acids is 1. The van der Waals surface area contributed by atoms with Crippen LogP contribution in [0.3, 0.4) is 0 Å². The summed E-state index contributed by atoms with van der Waals surface area (Å²) in [6.07, 6.45) is 0. The number of carboxylic acid groups (broad SMARTS) is 1. The molecule has 2 aromatic carbocycles. The molecule has 0 fully saturated rings. The number of nitrogens with one attached hydrogen (secondary N) is 1. The number of aromatic carboxylic acids is 1. The van der Waals surface area contributed by atoms with Gasteiger partial charge in [-0.25, -0.2) is 4.79 Å². The Hall–Kier alpha value is -2.53. The van der Waals surface area contributed by atoms with Crippen molar-refractivity contribution in [3.63, 3.8) is 0 Å². The summed E-state index contributed by atoms with van der Waals surface area (Å²) < 4.78 is 0. The SMILES string of the molecule is Cc1cc(C(=O)NCc2cccc(O)c2)cc(Cl)c1C(=O)O. The van der Waals surface area contributed by atoms with Gasteiger partial charge in [-0.2, -0.15) is 0 Å². The Bertz CT molecular complexity index is 720. The first kappa shape index (κ1) is 15.9. The van der Waals surface area contributed by atoms with Crippen molar-refractivity contribution in [2.75, 3.05) is 0 Å². The lowest BCUT2D eigenvalue weighted by Gasteiger charge is -2.09. The van der Waals surface area contributed by atoms with E-state index in [2.05, 4.69) is 5.32 Å².